The molecule has 2 saturated heterocycles. The van der Waals surface area contributed by atoms with Gasteiger partial charge in [0.2, 0.25) is 0 Å². The van der Waals surface area contributed by atoms with Gasteiger partial charge in [0.15, 0.2) is 12.6 Å². The van der Waals surface area contributed by atoms with Crippen molar-refractivity contribution in [2.45, 2.75) is 88.4 Å². The van der Waals surface area contributed by atoms with E-state index in [1.165, 1.54) is 0 Å². The van der Waals surface area contributed by atoms with Crippen molar-refractivity contribution in [1.82, 2.24) is 0 Å². The van der Waals surface area contributed by atoms with Crippen LogP contribution in [0.5, 0.6) is 0 Å². The van der Waals surface area contributed by atoms with Gasteiger partial charge in [-0.2, -0.15) is 0 Å². The van der Waals surface area contributed by atoms with Crippen LogP contribution in [0.4, 0.5) is 0 Å². The molecule has 2 saturated carbocycles. The van der Waals surface area contributed by atoms with Gasteiger partial charge in [0, 0.05) is 24.0 Å². The van der Waals surface area contributed by atoms with Crippen LogP contribution in [-0.2, 0) is 23.7 Å². The summed E-state index contributed by atoms with van der Waals surface area (Å²) in [4.78, 5) is 12.4. The maximum absolute atomic E-state index is 12.4. The summed E-state index contributed by atoms with van der Waals surface area (Å²) in [6.45, 7) is 5.48. The van der Waals surface area contributed by atoms with Crippen LogP contribution in [0.25, 0.3) is 0 Å². The molecule has 7 nitrogen and oxygen atoms in total. The Morgan fingerprint density at radius 2 is 1.16 bits per heavy atom. The molecule has 2 aliphatic carbocycles. The number of carbonyl (C=O) groups is 1. The lowest BCUT2D eigenvalue weighted by Crippen LogP contribution is -2.44. The van der Waals surface area contributed by atoms with Crippen LogP contribution in [-0.4, -0.2) is 47.7 Å². The summed E-state index contributed by atoms with van der Waals surface area (Å²) in [7, 11) is 0. The average Bonchev–Trinajstić information content (AvgIpc) is 3.61. The van der Waals surface area contributed by atoms with E-state index in [1.54, 1.807) is 12.1 Å². The summed E-state index contributed by atoms with van der Waals surface area (Å²) in [6, 6.07) is 29.2. The van der Waals surface area contributed by atoms with E-state index in [4.69, 9.17) is 23.7 Å². The molecule has 3 aromatic carbocycles. The molecule has 4 aliphatic rings. The summed E-state index contributed by atoms with van der Waals surface area (Å²) in [6.07, 6.45) is 4.00. The van der Waals surface area contributed by atoms with Gasteiger partial charge in [0.1, 0.15) is 6.10 Å². The topological polar surface area (TPSA) is 83.5 Å². The minimum atomic E-state index is -0.375. The van der Waals surface area contributed by atoms with Gasteiger partial charge in [-0.1, -0.05) is 92.7 Å². The molecular weight excluding hydrogens is 556 g/mol. The summed E-state index contributed by atoms with van der Waals surface area (Å²) >= 11 is 0. The number of rotatable bonds is 4. The van der Waals surface area contributed by atoms with Crippen molar-refractivity contribution in [3.63, 3.8) is 0 Å². The van der Waals surface area contributed by atoms with Crippen molar-refractivity contribution in [2.75, 3.05) is 13.2 Å². The Balaban J connectivity index is 0.000000167. The maximum Gasteiger partial charge on any atom is 0.338 e. The first-order valence-corrected chi connectivity index (χ1v) is 15.9. The van der Waals surface area contributed by atoms with Crippen LogP contribution in [0.2, 0.25) is 0 Å². The number of esters is 1. The van der Waals surface area contributed by atoms with Gasteiger partial charge in [0.25, 0.3) is 0 Å². The summed E-state index contributed by atoms with van der Waals surface area (Å²) in [5, 5.41) is 9.93. The lowest BCUT2D eigenvalue weighted by molar-refractivity contribution is -0.126. The Labute approximate surface area is 260 Å². The predicted octanol–water partition coefficient (Wildman–Crippen LogP) is 7.17. The summed E-state index contributed by atoms with van der Waals surface area (Å²) < 4.78 is 30.0. The van der Waals surface area contributed by atoms with Gasteiger partial charge < -0.3 is 28.8 Å². The third-order valence-corrected chi connectivity index (χ3v) is 9.12. The molecule has 0 radical (unpaired) electrons. The fourth-order valence-electron chi connectivity index (χ4n) is 7.43. The van der Waals surface area contributed by atoms with E-state index >= 15 is 0 Å². The van der Waals surface area contributed by atoms with Crippen molar-refractivity contribution in [1.29, 1.82) is 0 Å². The van der Waals surface area contributed by atoms with E-state index in [2.05, 4.69) is 13.8 Å². The highest BCUT2D eigenvalue weighted by Gasteiger charge is 2.49. The largest absolute Gasteiger partial charge is 0.459 e. The number of aliphatic hydroxyl groups excluding tert-OH is 1. The molecule has 2 heterocycles. The van der Waals surface area contributed by atoms with Crippen LogP contribution < -0.4 is 0 Å². The van der Waals surface area contributed by atoms with Crippen molar-refractivity contribution in [3.05, 3.63) is 108 Å². The van der Waals surface area contributed by atoms with Crippen molar-refractivity contribution in [3.8, 4) is 0 Å². The van der Waals surface area contributed by atoms with E-state index in [-0.39, 0.29) is 42.0 Å². The molecule has 1 N–H and O–H groups in total. The zero-order valence-corrected chi connectivity index (χ0v) is 25.7. The molecule has 0 aromatic heterocycles. The molecule has 3 aromatic rings. The van der Waals surface area contributed by atoms with Crippen LogP contribution in [0.15, 0.2) is 91.0 Å². The summed E-state index contributed by atoms with van der Waals surface area (Å²) in [5.41, 5.74) is 2.02. The molecule has 2 aliphatic heterocycles. The van der Waals surface area contributed by atoms with E-state index in [0.29, 0.717) is 43.5 Å². The molecule has 2 spiro atoms. The van der Waals surface area contributed by atoms with Gasteiger partial charge in [-0.3, -0.25) is 0 Å². The van der Waals surface area contributed by atoms with Crippen LogP contribution in [0.3, 0.4) is 0 Å². The number of benzene rings is 3. The Hall–Kier alpha value is -3.07. The van der Waals surface area contributed by atoms with Gasteiger partial charge >= 0.3 is 5.97 Å². The maximum atomic E-state index is 12.4. The van der Waals surface area contributed by atoms with Gasteiger partial charge in [-0.15, -0.1) is 0 Å². The molecule has 2 unspecified atom stereocenters. The van der Waals surface area contributed by atoms with E-state index in [1.807, 2.05) is 78.9 Å². The molecule has 4 fully saturated rings. The quantitative estimate of drug-likeness (QED) is 0.318. The Morgan fingerprint density at radius 1 is 0.682 bits per heavy atom. The fraction of sp³-hybridized carbons (Fsp3) is 0.486. The molecule has 0 amide bonds. The summed E-state index contributed by atoms with van der Waals surface area (Å²) in [5.74, 6) is 0.640. The zero-order valence-electron chi connectivity index (χ0n) is 25.7. The average molecular weight is 601 g/mol. The standard InChI is InChI=1S/C22H24O4.C15H20O3/c1-16-12-19(25-20(23)17-8-4-2-5-9-17)14-22(13-16)15-24-21(26-22)18-10-6-3-7-11-18;1-11-7-13(16)9-15(8-11)10-17-14(18-15)12-5-3-2-4-6-12/h2-11,16,19,21H,12-15H2,1H3;2-6,11,13-14,16H,7-10H2,1H3/t16-,19+,21?,22+;11-,13+,14?,15+/m00/s1. The molecule has 7 heteroatoms. The zero-order chi connectivity index (χ0) is 30.6. The number of hydrogen-bond donors (Lipinski definition) is 1. The van der Waals surface area contributed by atoms with Crippen molar-refractivity contribution >= 4 is 5.97 Å². The first kappa shape index (κ1) is 30.9. The highest BCUT2D eigenvalue weighted by atomic mass is 16.7. The van der Waals surface area contributed by atoms with Gasteiger partial charge in [-0.05, 0) is 49.7 Å². The van der Waals surface area contributed by atoms with Crippen LogP contribution >= 0.6 is 0 Å². The normalized spacial score (nSPS) is 34.8. The molecular formula is C37H44O7. The Kier molecular flexibility index (Phi) is 9.50. The lowest BCUT2D eigenvalue weighted by Gasteiger charge is -2.39. The Morgan fingerprint density at radius 3 is 1.68 bits per heavy atom. The molecule has 234 valence electrons. The number of carbonyl (C=O) groups excluding carboxylic acids is 1. The smallest absolute Gasteiger partial charge is 0.338 e. The molecule has 44 heavy (non-hydrogen) atoms. The van der Waals surface area contributed by atoms with E-state index < -0.39 is 0 Å². The first-order valence-electron chi connectivity index (χ1n) is 15.9. The number of hydrogen-bond acceptors (Lipinski definition) is 7. The van der Waals surface area contributed by atoms with E-state index in [0.717, 1.165) is 36.8 Å². The third kappa shape index (κ3) is 7.41. The fourth-order valence-corrected chi connectivity index (χ4v) is 7.43. The van der Waals surface area contributed by atoms with Gasteiger partial charge in [-0.25, -0.2) is 4.79 Å². The third-order valence-electron chi connectivity index (χ3n) is 9.12. The van der Waals surface area contributed by atoms with Crippen LogP contribution in [0, 0.1) is 11.8 Å². The molecule has 7 rings (SSSR count). The Bertz CT molecular complexity index is 1340. The van der Waals surface area contributed by atoms with E-state index in [9.17, 15) is 9.90 Å². The minimum Gasteiger partial charge on any atom is -0.459 e. The highest BCUT2D eigenvalue weighted by Crippen LogP contribution is 2.46. The second-order valence-corrected chi connectivity index (χ2v) is 13.3. The minimum absolute atomic E-state index is 0.149. The predicted molar refractivity (Wildman–Crippen MR) is 166 cm³/mol. The van der Waals surface area contributed by atoms with Gasteiger partial charge in [0.05, 0.1) is 36.1 Å². The molecule has 0 bridgehead atoms. The number of aliphatic hydroxyl groups is 1. The molecule has 8 atom stereocenters. The SMILES string of the molecule is C[C@H]1C[C@@H](O)C[C@@]2(COC(c3ccccc3)O2)C1.C[C@H]1C[C@@H](OC(=O)c2ccccc2)C[C@@]2(COC(c3ccccc3)O2)C1. The second-order valence-electron chi connectivity index (χ2n) is 13.3. The van der Waals surface area contributed by atoms with Crippen LogP contribution in [0.1, 0.15) is 86.4 Å². The highest BCUT2D eigenvalue weighted by molar-refractivity contribution is 5.89. The second kappa shape index (κ2) is 13.5. The van der Waals surface area contributed by atoms with Crippen molar-refractivity contribution in [2.24, 2.45) is 11.8 Å². The first-order chi connectivity index (χ1) is 21.3. The van der Waals surface area contributed by atoms with Crippen molar-refractivity contribution < 1.29 is 33.6 Å². The monoisotopic (exact) mass is 600 g/mol. The lowest BCUT2D eigenvalue weighted by atomic mass is 9.77. The number of ether oxygens (including phenoxy) is 5.